The van der Waals surface area contributed by atoms with Crippen LogP contribution >= 0.6 is 0 Å². The third-order valence-electron chi connectivity index (χ3n) is 4.48. The summed E-state index contributed by atoms with van der Waals surface area (Å²) in [7, 11) is -3.57. The number of nitrogens with two attached hydrogens (primary N) is 1. The van der Waals surface area contributed by atoms with Gasteiger partial charge in [-0.2, -0.15) is 0 Å². The normalized spacial score (nSPS) is 23.4. The first-order valence-corrected chi connectivity index (χ1v) is 9.18. The van der Waals surface area contributed by atoms with Crippen LogP contribution in [0.3, 0.4) is 0 Å². The van der Waals surface area contributed by atoms with E-state index < -0.39 is 10.0 Å². The maximum absolute atomic E-state index is 12.7. The van der Waals surface area contributed by atoms with Crippen molar-refractivity contribution in [2.24, 2.45) is 11.7 Å². The van der Waals surface area contributed by atoms with E-state index in [0.29, 0.717) is 23.0 Å². The lowest BCUT2D eigenvalue weighted by molar-refractivity contribution is 0.301. The SMILES string of the molecule is CCC1CCCC(NS(=O)(=O)c2c(C)oc(C)c2CN)C1. The fourth-order valence-electron chi connectivity index (χ4n) is 3.34. The summed E-state index contributed by atoms with van der Waals surface area (Å²) >= 11 is 0. The third kappa shape index (κ3) is 3.49. The number of hydrogen-bond donors (Lipinski definition) is 2. The summed E-state index contributed by atoms with van der Waals surface area (Å²) in [4.78, 5) is 0.237. The molecule has 1 heterocycles. The van der Waals surface area contributed by atoms with Crippen LogP contribution in [-0.4, -0.2) is 14.5 Å². The quantitative estimate of drug-likeness (QED) is 0.875. The number of aryl methyl sites for hydroxylation is 2. The van der Waals surface area contributed by atoms with Crippen molar-refractivity contribution in [3.05, 3.63) is 17.1 Å². The minimum atomic E-state index is -3.57. The second-order valence-corrected chi connectivity index (χ2v) is 7.64. The first kappa shape index (κ1) is 16.5. The smallest absolute Gasteiger partial charge is 0.244 e. The Morgan fingerprint density at radius 2 is 2.00 bits per heavy atom. The molecule has 0 saturated heterocycles. The summed E-state index contributed by atoms with van der Waals surface area (Å²) in [6.45, 7) is 5.76. The van der Waals surface area contributed by atoms with Crippen molar-refractivity contribution in [3.63, 3.8) is 0 Å². The molecule has 1 aliphatic rings. The van der Waals surface area contributed by atoms with Crippen LogP contribution in [0.4, 0.5) is 0 Å². The van der Waals surface area contributed by atoms with Gasteiger partial charge in [-0.25, -0.2) is 13.1 Å². The van der Waals surface area contributed by atoms with Crippen LogP contribution in [0.1, 0.15) is 56.1 Å². The Labute approximate surface area is 127 Å². The lowest BCUT2D eigenvalue weighted by Crippen LogP contribution is -2.38. The standard InChI is InChI=1S/C15H26N2O3S/c1-4-12-6-5-7-13(8-12)17-21(18,19)15-11(3)20-10(2)14(15)9-16/h12-13,17H,4-9,16H2,1-3H3. The maximum Gasteiger partial charge on any atom is 0.244 e. The number of rotatable bonds is 5. The van der Waals surface area contributed by atoms with Gasteiger partial charge in [-0.15, -0.1) is 0 Å². The lowest BCUT2D eigenvalue weighted by Gasteiger charge is -2.28. The van der Waals surface area contributed by atoms with E-state index in [-0.39, 0.29) is 17.5 Å². The molecule has 1 fully saturated rings. The summed E-state index contributed by atoms with van der Waals surface area (Å²) in [5, 5.41) is 0. The predicted molar refractivity (Wildman–Crippen MR) is 82.4 cm³/mol. The van der Waals surface area contributed by atoms with E-state index in [4.69, 9.17) is 10.2 Å². The molecule has 0 spiro atoms. The van der Waals surface area contributed by atoms with Gasteiger partial charge in [0.2, 0.25) is 10.0 Å². The maximum atomic E-state index is 12.7. The zero-order valence-electron chi connectivity index (χ0n) is 13.1. The minimum Gasteiger partial charge on any atom is -0.465 e. The lowest BCUT2D eigenvalue weighted by atomic mass is 9.85. The van der Waals surface area contributed by atoms with E-state index in [0.717, 1.165) is 25.7 Å². The number of furan rings is 1. The Kier molecular flexibility index (Phi) is 5.11. The molecule has 3 N–H and O–H groups in total. The minimum absolute atomic E-state index is 0.0222. The van der Waals surface area contributed by atoms with E-state index >= 15 is 0 Å². The van der Waals surface area contributed by atoms with Gasteiger partial charge < -0.3 is 10.2 Å². The van der Waals surface area contributed by atoms with E-state index in [1.807, 2.05) is 0 Å². The van der Waals surface area contributed by atoms with Gasteiger partial charge >= 0.3 is 0 Å². The molecule has 1 aliphatic carbocycles. The number of hydrogen-bond acceptors (Lipinski definition) is 4. The molecule has 0 radical (unpaired) electrons. The van der Waals surface area contributed by atoms with Crippen LogP contribution in [0, 0.1) is 19.8 Å². The highest BCUT2D eigenvalue weighted by atomic mass is 32.2. The first-order chi connectivity index (χ1) is 9.89. The van der Waals surface area contributed by atoms with Crippen molar-refractivity contribution in [3.8, 4) is 0 Å². The van der Waals surface area contributed by atoms with Crippen LogP contribution in [0.15, 0.2) is 9.31 Å². The largest absolute Gasteiger partial charge is 0.465 e. The molecule has 5 nitrogen and oxygen atoms in total. The second kappa shape index (κ2) is 6.50. The van der Waals surface area contributed by atoms with Crippen molar-refractivity contribution >= 4 is 10.0 Å². The first-order valence-electron chi connectivity index (χ1n) is 7.70. The summed E-state index contributed by atoms with van der Waals surface area (Å²) in [5.41, 5.74) is 6.27. The van der Waals surface area contributed by atoms with Gasteiger partial charge in [0, 0.05) is 18.2 Å². The molecule has 21 heavy (non-hydrogen) atoms. The molecule has 1 saturated carbocycles. The molecule has 0 aromatic carbocycles. The Bertz CT molecular complexity index is 592. The average molecular weight is 314 g/mol. The Hall–Kier alpha value is -0.850. The predicted octanol–water partition coefficient (Wildman–Crippen LogP) is 2.60. The Balaban J connectivity index is 2.23. The van der Waals surface area contributed by atoms with Crippen LogP contribution < -0.4 is 10.5 Å². The van der Waals surface area contributed by atoms with Gasteiger partial charge in [0.1, 0.15) is 16.4 Å². The fraction of sp³-hybridized carbons (Fsp3) is 0.733. The molecular formula is C15H26N2O3S. The highest BCUT2D eigenvalue weighted by Gasteiger charge is 2.30. The zero-order chi connectivity index (χ0) is 15.6. The molecule has 0 bridgehead atoms. The second-order valence-electron chi connectivity index (χ2n) is 5.99. The highest BCUT2D eigenvalue weighted by molar-refractivity contribution is 7.89. The van der Waals surface area contributed by atoms with E-state index in [9.17, 15) is 8.42 Å². The van der Waals surface area contributed by atoms with E-state index in [2.05, 4.69) is 11.6 Å². The fourth-order valence-corrected chi connectivity index (χ4v) is 5.09. The molecule has 0 amide bonds. The van der Waals surface area contributed by atoms with Gasteiger partial charge in [0.15, 0.2) is 0 Å². The van der Waals surface area contributed by atoms with Gasteiger partial charge in [0.05, 0.1) is 0 Å². The number of sulfonamides is 1. The summed E-state index contributed by atoms with van der Waals surface area (Å²) < 4.78 is 33.7. The van der Waals surface area contributed by atoms with Gasteiger partial charge in [-0.1, -0.05) is 26.2 Å². The van der Waals surface area contributed by atoms with Gasteiger partial charge in [-0.05, 0) is 32.6 Å². The molecule has 6 heteroatoms. The van der Waals surface area contributed by atoms with Crippen LogP contribution in [0.2, 0.25) is 0 Å². The van der Waals surface area contributed by atoms with Crippen LogP contribution in [0.25, 0.3) is 0 Å². The summed E-state index contributed by atoms with van der Waals surface area (Å²) in [6.07, 6.45) is 5.22. The topological polar surface area (TPSA) is 85.3 Å². The molecule has 1 aromatic heterocycles. The molecule has 0 aliphatic heterocycles. The average Bonchev–Trinajstić information content (AvgIpc) is 2.73. The van der Waals surface area contributed by atoms with Crippen molar-refractivity contribution in [2.45, 2.75) is 70.4 Å². The van der Waals surface area contributed by atoms with Crippen molar-refractivity contribution in [1.82, 2.24) is 4.72 Å². The van der Waals surface area contributed by atoms with Crippen molar-refractivity contribution in [2.75, 3.05) is 0 Å². The van der Waals surface area contributed by atoms with Crippen LogP contribution in [-0.2, 0) is 16.6 Å². The van der Waals surface area contributed by atoms with E-state index in [1.165, 1.54) is 6.42 Å². The molecule has 2 atom stereocenters. The van der Waals surface area contributed by atoms with E-state index in [1.54, 1.807) is 13.8 Å². The van der Waals surface area contributed by atoms with Gasteiger partial charge in [-0.3, -0.25) is 0 Å². The molecule has 2 unspecified atom stereocenters. The summed E-state index contributed by atoms with van der Waals surface area (Å²) in [6, 6.07) is 0.0222. The van der Waals surface area contributed by atoms with Gasteiger partial charge in [0.25, 0.3) is 0 Å². The number of nitrogens with one attached hydrogen (secondary N) is 1. The van der Waals surface area contributed by atoms with Crippen molar-refractivity contribution in [1.29, 1.82) is 0 Å². The molecule has 1 aromatic rings. The molecular weight excluding hydrogens is 288 g/mol. The molecule has 2 rings (SSSR count). The Morgan fingerprint density at radius 3 is 2.62 bits per heavy atom. The monoisotopic (exact) mass is 314 g/mol. The van der Waals surface area contributed by atoms with Crippen molar-refractivity contribution < 1.29 is 12.8 Å². The highest BCUT2D eigenvalue weighted by Crippen LogP contribution is 2.30. The summed E-state index contributed by atoms with van der Waals surface area (Å²) in [5.74, 6) is 1.63. The Morgan fingerprint density at radius 1 is 1.29 bits per heavy atom. The molecule has 120 valence electrons. The van der Waals surface area contributed by atoms with Crippen LogP contribution in [0.5, 0.6) is 0 Å². The zero-order valence-corrected chi connectivity index (χ0v) is 13.9. The third-order valence-corrected chi connectivity index (χ3v) is 6.19.